The molecule has 1 aromatic heterocycles. The number of aryl methyl sites for hydroxylation is 1. The van der Waals surface area contributed by atoms with Crippen LogP contribution in [-0.2, 0) is 26.4 Å². The van der Waals surface area contributed by atoms with E-state index >= 15 is 0 Å². The lowest BCUT2D eigenvalue weighted by Crippen LogP contribution is -2.44. The Labute approximate surface area is 226 Å². The highest BCUT2D eigenvalue weighted by atomic mass is 16.6. The lowest BCUT2D eigenvalue weighted by atomic mass is 9.82. The molecule has 202 valence electrons. The summed E-state index contributed by atoms with van der Waals surface area (Å²) in [6.45, 7) is 7.57. The van der Waals surface area contributed by atoms with Gasteiger partial charge in [-0.3, -0.25) is 14.4 Å². The second-order valence-corrected chi connectivity index (χ2v) is 10.3. The Balaban J connectivity index is 1.22. The summed E-state index contributed by atoms with van der Waals surface area (Å²) in [6.07, 6.45) is 3.34. The average Bonchev–Trinajstić information content (AvgIpc) is 3.72. The highest BCUT2D eigenvalue weighted by molar-refractivity contribution is 6.08. The number of aromatic nitrogens is 3. The van der Waals surface area contributed by atoms with Gasteiger partial charge in [0, 0.05) is 30.3 Å². The summed E-state index contributed by atoms with van der Waals surface area (Å²) < 4.78 is 13.5. The molecule has 0 saturated carbocycles. The molecule has 1 spiro atoms. The van der Waals surface area contributed by atoms with Crippen molar-refractivity contribution < 1.29 is 24.2 Å². The number of ether oxygens (including phenoxy) is 2. The van der Waals surface area contributed by atoms with Crippen LogP contribution in [0.5, 0.6) is 0 Å². The van der Waals surface area contributed by atoms with E-state index in [1.807, 2.05) is 55.5 Å². The normalized spacial score (nSPS) is 24.9. The van der Waals surface area contributed by atoms with Crippen molar-refractivity contribution in [2.75, 3.05) is 29.5 Å². The molecule has 0 unspecified atom stereocenters. The van der Waals surface area contributed by atoms with Crippen molar-refractivity contribution in [1.29, 1.82) is 0 Å². The molecule has 2 saturated heterocycles. The van der Waals surface area contributed by atoms with E-state index in [1.54, 1.807) is 26.8 Å². The van der Waals surface area contributed by atoms with Gasteiger partial charge < -0.3 is 19.5 Å². The molecule has 4 heterocycles. The van der Waals surface area contributed by atoms with E-state index in [0.29, 0.717) is 50.5 Å². The van der Waals surface area contributed by atoms with Crippen molar-refractivity contribution in [3.63, 3.8) is 0 Å². The number of amides is 2. The van der Waals surface area contributed by atoms with Gasteiger partial charge in [-0.1, -0.05) is 48.5 Å². The van der Waals surface area contributed by atoms with Gasteiger partial charge in [0.25, 0.3) is 5.91 Å². The molecule has 2 aromatic carbocycles. The van der Waals surface area contributed by atoms with Gasteiger partial charge in [0.1, 0.15) is 18.4 Å². The Morgan fingerprint density at radius 2 is 2.05 bits per heavy atom. The van der Waals surface area contributed by atoms with Crippen LogP contribution in [0.25, 0.3) is 0 Å². The van der Waals surface area contributed by atoms with Crippen molar-refractivity contribution in [3.8, 4) is 0 Å². The fraction of sp³-hybridized carbons (Fsp3) is 0.379. The number of carbonyl (C=O) groups is 2. The zero-order valence-corrected chi connectivity index (χ0v) is 21.8. The van der Waals surface area contributed by atoms with E-state index < -0.39 is 11.7 Å². The summed E-state index contributed by atoms with van der Waals surface area (Å²) >= 11 is 0. The third-order valence-corrected chi connectivity index (χ3v) is 7.91. The lowest BCUT2D eigenvalue weighted by molar-refractivity contribution is -0.145. The number of anilines is 2. The van der Waals surface area contributed by atoms with Crippen molar-refractivity contribution in [2.45, 2.75) is 44.1 Å². The minimum absolute atomic E-state index is 0.0874. The first-order valence-corrected chi connectivity index (χ1v) is 13.2. The van der Waals surface area contributed by atoms with Gasteiger partial charge in [0.15, 0.2) is 5.60 Å². The highest BCUT2D eigenvalue weighted by Crippen LogP contribution is 2.54. The zero-order chi connectivity index (χ0) is 27.1. The third kappa shape index (κ3) is 4.20. The zero-order valence-electron chi connectivity index (χ0n) is 21.8. The van der Waals surface area contributed by atoms with E-state index in [2.05, 4.69) is 16.9 Å². The standard InChI is InChI=1S/C29H31N5O5/c1-3-12-34-25-10-9-21(33-14-15-38-28(33)37)17-23(25)29(27(34)36)19(2)16-22(39-29)11-13-32-18-24(30-31-32)26(35)20-7-5-4-6-8-20/h3-10,17-19,22,26,35H,1,11-16H2,2H3/t19-,22+,26-,29+/m1/s1. The first-order valence-electron chi connectivity index (χ1n) is 13.2. The largest absolute Gasteiger partial charge is 0.447 e. The molecule has 4 atom stereocenters. The number of hydrogen-bond acceptors (Lipinski definition) is 7. The molecule has 2 amide bonds. The summed E-state index contributed by atoms with van der Waals surface area (Å²) in [6, 6.07) is 15.0. The second kappa shape index (κ2) is 9.94. The molecule has 3 aliphatic rings. The van der Waals surface area contributed by atoms with Gasteiger partial charge >= 0.3 is 6.09 Å². The first-order chi connectivity index (χ1) is 18.9. The van der Waals surface area contributed by atoms with Gasteiger partial charge in [-0.2, -0.15) is 0 Å². The summed E-state index contributed by atoms with van der Waals surface area (Å²) in [7, 11) is 0. The number of hydrogen-bond donors (Lipinski definition) is 1. The first kappa shape index (κ1) is 25.3. The molecule has 39 heavy (non-hydrogen) atoms. The molecule has 1 N–H and O–H groups in total. The van der Waals surface area contributed by atoms with Crippen LogP contribution in [0.1, 0.15) is 42.7 Å². The van der Waals surface area contributed by atoms with E-state index in [9.17, 15) is 14.7 Å². The number of carbonyl (C=O) groups excluding carboxylic acids is 2. The van der Waals surface area contributed by atoms with E-state index in [1.165, 1.54) is 0 Å². The van der Waals surface area contributed by atoms with Crippen LogP contribution in [0.4, 0.5) is 16.2 Å². The fourth-order valence-electron chi connectivity index (χ4n) is 5.97. The smallest absolute Gasteiger partial charge is 0.414 e. The van der Waals surface area contributed by atoms with E-state index in [0.717, 1.165) is 16.8 Å². The van der Waals surface area contributed by atoms with Gasteiger partial charge in [0.05, 0.1) is 24.5 Å². The molecule has 0 radical (unpaired) electrons. The number of nitrogens with zero attached hydrogens (tertiary/aromatic N) is 5. The Bertz CT molecular complexity index is 1410. The van der Waals surface area contributed by atoms with Crippen LogP contribution in [0, 0.1) is 5.92 Å². The summed E-state index contributed by atoms with van der Waals surface area (Å²) in [4.78, 5) is 29.4. The number of aliphatic hydroxyl groups excluding tert-OH is 1. The molecular formula is C29H31N5O5. The number of benzene rings is 2. The Morgan fingerprint density at radius 1 is 1.23 bits per heavy atom. The minimum Gasteiger partial charge on any atom is -0.447 e. The topological polar surface area (TPSA) is 110 Å². The second-order valence-electron chi connectivity index (χ2n) is 10.3. The van der Waals surface area contributed by atoms with Gasteiger partial charge in [-0.25, -0.2) is 4.79 Å². The van der Waals surface area contributed by atoms with Gasteiger partial charge in [-0.15, -0.1) is 11.7 Å². The molecule has 0 aliphatic carbocycles. The van der Waals surface area contributed by atoms with Crippen molar-refractivity contribution >= 4 is 23.4 Å². The Kier molecular flexibility index (Phi) is 6.44. The summed E-state index contributed by atoms with van der Waals surface area (Å²) in [5.41, 5.74) is 2.33. The van der Waals surface area contributed by atoms with Crippen LogP contribution < -0.4 is 9.80 Å². The quantitative estimate of drug-likeness (QED) is 0.445. The number of cyclic esters (lactones) is 1. The maximum absolute atomic E-state index is 13.9. The predicted octanol–water partition coefficient (Wildman–Crippen LogP) is 3.56. The van der Waals surface area contributed by atoms with Crippen molar-refractivity contribution in [3.05, 3.63) is 84.2 Å². The maximum Gasteiger partial charge on any atom is 0.414 e. The van der Waals surface area contributed by atoms with Gasteiger partial charge in [0.2, 0.25) is 0 Å². The van der Waals surface area contributed by atoms with E-state index in [4.69, 9.17) is 9.47 Å². The fourth-order valence-corrected chi connectivity index (χ4v) is 5.97. The average molecular weight is 530 g/mol. The van der Waals surface area contributed by atoms with Crippen LogP contribution in [0.15, 0.2) is 67.4 Å². The van der Waals surface area contributed by atoms with Crippen LogP contribution in [-0.4, -0.2) is 57.9 Å². The maximum atomic E-state index is 13.9. The predicted molar refractivity (Wildman–Crippen MR) is 143 cm³/mol. The van der Waals surface area contributed by atoms with Crippen molar-refractivity contribution in [1.82, 2.24) is 15.0 Å². The molecule has 10 nitrogen and oxygen atoms in total. The number of fused-ring (bicyclic) bond motifs is 2. The molecule has 10 heteroatoms. The highest BCUT2D eigenvalue weighted by Gasteiger charge is 2.60. The number of rotatable bonds is 8. The molecule has 2 fully saturated rings. The minimum atomic E-state index is -1.14. The molecular weight excluding hydrogens is 498 g/mol. The van der Waals surface area contributed by atoms with E-state index in [-0.39, 0.29) is 24.0 Å². The van der Waals surface area contributed by atoms with Crippen LogP contribution in [0.2, 0.25) is 0 Å². The van der Waals surface area contributed by atoms with Gasteiger partial charge in [-0.05, 0) is 36.6 Å². The molecule has 3 aromatic rings. The van der Waals surface area contributed by atoms with Crippen LogP contribution >= 0.6 is 0 Å². The monoisotopic (exact) mass is 529 g/mol. The molecule has 0 bridgehead atoms. The Morgan fingerprint density at radius 3 is 2.79 bits per heavy atom. The molecule has 6 rings (SSSR count). The molecule has 3 aliphatic heterocycles. The SMILES string of the molecule is C=CCN1C(=O)[C@@]2(O[C@@H](CCn3cc([C@H](O)c4ccccc4)nn3)C[C@H]2C)c2cc(N3CCOC3=O)ccc21. The Hall–Kier alpha value is -4.02. The van der Waals surface area contributed by atoms with Crippen LogP contribution in [0.3, 0.4) is 0 Å². The number of aliphatic hydroxyl groups is 1. The summed E-state index contributed by atoms with van der Waals surface area (Å²) in [5, 5.41) is 19.0. The third-order valence-electron chi connectivity index (χ3n) is 7.91. The lowest BCUT2D eigenvalue weighted by Gasteiger charge is -2.28. The van der Waals surface area contributed by atoms with Crippen molar-refractivity contribution in [2.24, 2.45) is 5.92 Å². The summed E-state index contributed by atoms with van der Waals surface area (Å²) in [5.74, 6) is -0.196.